The highest BCUT2D eigenvalue weighted by Gasteiger charge is 2.20. The number of benzene rings is 2. The summed E-state index contributed by atoms with van der Waals surface area (Å²) in [7, 11) is 0. The molecule has 0 fully saturated rings. The number of para-hydroxylation sites is 2. The molecule has 3 heteroatoms. The second-order valence-electron chi connectivity index (χ2n) is 5.34. The van der Waals surface area contributed by atoms with Crippen LogP contribution in [0.4, 0.5) is 11.4 Å². The third-order valence-corrected chi connectivity index (χ3v) is 3.78. The van der Waals surface area contributed by atoms with Crippen molar-refractivity contribution in [1.82, 2.24) is 0 Å². The molecule has 0 bridgehead atoms. The number of hydrogen-bond donors (Lipinski definition) is 2. The number of halogens is 1. The molecular weight excluding hydrogens is 300 g/mol. The zero-order valence-electron chi connectivity index (χ0n) is 11.3. The summed E-state index contributed by atoms with van der Waals surface area (Å²) in [5.74, 6) is 0. The van der Waals surface area contributed by atoms with E-state index in [2.05, 4.69) is 53.3 Å². The van der Waals surface area contributed by atoms with Crippen molar-refractivity contribution in [1.29, 1.82) is 0 Å². The van der Waals surface area contributed by atoms with Crippen LogP contribution in [-0.4, -0.2) is 6.54 Å². The Balaban J connectivity index is 2.12. The van der Waals surface area contributed by atoms with E-state index in [0.717, 1.165) is 22.4 Å². The van der Waals surface area contributed by atoms with Gasteiger partial charge in [-0.2, -0.15) is 0 Å². The molecule has 0 aliphatic heterocycles. The fraction of sp³-hybridized carbons (Fsp3) is 0.250. The van der Waals surface area contributed by atoms with Crippen LogP contribution in [0.1, 0.15) is 19.4 Å². The summed E-state index contributed by atoms with van der Waals surface area (Å²) >= 11 is 3.52. The topological polar surface area (TPSA) is 38.0 Å². The maximum atomic E-state index is 5.94. The van der Waals surface area contributed by atoms with Gasteiger partial charge in [0.2, 0.25) is 0 Å². The molecule has 2 aromatic rings. The lowest BCUT2D eigenvalue weighted by atomic mass is 9.84. The van der Waals surface area contributed by atoms with Crippen LogP contribution >= 0.6 is 15.9 Å². The maximum absolute atomic E-state index is 5.94. The van der Waals surface area contributed by atoms with Gasteiger partial charge in [0.05, 0.1) is 11.4 Å². The summed E-state index contributed by atoms with van der Waals surface area (Å²) in [6.07, 6.45) is 0. The third-order valence-electron chi connectivity index (χ3n) is 3.29. The van der Waals surface area contributed by atoms with Crippen molar-refractivity contribution in [2.24, 2.45) is 0 Å². The number of hydrogen-bond acceptors (Lipinski definition) is 2. The molecule has 19 heavy (non-hydrogen) atoms. The zero-order chi connectivity index (χ0) is 13.9. The summed E-state index contributed by atoms with van der Waals surface area (Å²) in [5, 5.41) is 3.43. The predicted molar refractivity (Wildman–Crippen MR) is 86.5 cm³/mol. The molecule has 0 radical (unpaired) electrons. The molecule has 0 aromatic heterocycles. The Kier molecular flexibility index (Phi) is 4.15. The normalized spacial score (nSPS) is 11.3. The average Bonchev–Trinajstić information content (AvgIpc) is 2.38. The number of rotatable bonds is 4. The predicted octanol–water partition coefficient (Wildman–Crippen LogP) is 4.42. The molecule has 0 heterocycles. The van der Waals surface area contributed by atoms with Crippen molar-refractivity contribution >= 4 is 27.3 Å². The van der Waals surface area contributed by atoms with E-state index in [-0.39, 0.29) is 5.41 Å². The van der Waals surface area contributed by atoms with Crippen LogP contribution in [0.25, 0.3) is 0 Å². The highest BCUT2D eigenvalue weighted by molar-refractivity contribution is 9.10. The Labute approximate surface area is 123 Å². The Bertz CT molecular complexity index is 564. The molecule has 0 amide bonds. The first kappa shape index (κ1) is 13.9. The van der Waals surface area contributed by atoms with Crippen LogP contribution in [0, 0.1) is 0 Å². The van der Waals surface area contributed by atoms with Gasteiger partial charge in [-0.05, 0) is 29.8 Å². The Hall–Kier alpha value is -1.48. The van der Waals surface area contributed by atoms with Gasteiger partial charge in [-0.3, -0.25) is 0 Å². The minimum atomic E-state index is 0.0338. The van der Waals surface area contributed by atoms with Gasteiger partial charge in [-0.1, -0.05) is 54.0 Å². The van der Waals surface area contributed by atoms with Gasteiger partial charge in [0.15, 0.2) is 0 Å². The van der Waals surface area contributed by atoms with E-state index in [9.17, 15) is 0 Å². The van der Waals surface area contributed by atoms with E-state index in [1.807, 2.05) is 30.3 Å². The standard InChI is InChI=1S/C16H19BrN2/c1-16(2,12-6-5-7-13(17)10-12)11-19-15-9-4-3-8-14(15)18/h3-10,19H,11,18H2,1-2H3. The van der Waals surface area contributed by atoms with Gasteiger partial charge in [-0.25, -0.2) is 0 Å². The number of anilines is 2. The van der Waals surface area contributed by atoms with Gasteiger partial charge in [0.25, 0.3) is 0 Å². The monoisotopic (exact) mass is 318 g/mol. The second kappa shape index (κ2) is 5.66. The minimum Gasteiger partial charge on any atom is -0.397 e. The number of nitrogen functional groups attached to an aromatic ring is 1. The van der Waals surface area contributed by atoms with Crippen molar-refractivity contribution < 1.29 is 0 Å². The molecule has 2 nitrogen and oxygen atoms in total. The lowest BCUT2D eigenvalue weighted by Crippen LogP contribution is -2.27. The van der Waals surface area contributed by atoms with Crippen molar-refractivity contribution in [3.05, 3.63) is 58.6 Å². The van der Waals surface area contributed by atoms with E-state index >= 15 is 0 Å². The summed E-state index contributed by atoms with van der Waals surface area (Å²) in [4.78, 5) is 0. The number of nitrogens with two attached hydrogens (primary N) is 1. The quantitative estimate of drug-likeness (QED) is 0.819. The van der Waals surface area contributed by atoms with E-state index in [0.29, 0.717) is 0 Å². The van der Waals surface area contributed by atoms with Crippen LogP contribution < -0.4 is 11.1 Å². The fourth-order valence-electron chi connectivity index (χ4n) is 1.99. The van der Waals surface area contributed by atoms with Crippen LogP contribution in [0.3, 0.4) is 0 Å². The molecule has 0 saturated carbocycles. The van der Waals surface area contributed by atoms with Crippen LogP contribution in [0.5, 0.6) is 0 Å². The van der Waals surface area contributed by atoms with E-state index in [1.54, 1.807) is 0 Å². The van der Waals surface area contributed by atoms with E-state index in [1.165, 1.54) is 5.56 Å². The van der Waals surface area contributed by atoms with Crippen molar-refractivity contribution in [3.8, 4) is 0 Å². The number of nitrogens with one attached hydrogen (secondary N) is 1. The first-order valence-electron chi connectivity index (χ1n) is 6.33. The zero-order valence-corrected chi connectivity index (χ0v) is 12.9. The van der Waals surface area contributed by atoms with Crippen LogP contribution in [0.2, 0.25) is 0 Å². The van der Waals surface area contributed by atoms with Gasteiger partial charge in [-0.15, -0.1) is 0 Å². The molecule has 0 unspecified atom stereocenters. The SMILES string of the molecule is CC(C)(CNc1ccccc1N)c1cccc(Br)c1. The maximum Gasteiger partial charge on any atom is 0.0574 e. The fourth-order valence-corrected chi connectivity index (χ4v) is 2.38. The minimum absolute atomic E-state index is 0.0338. The van der Waals surface area contributed by atoms with Crippen LogP contribution in [0.15, 0.2) is 53.0 Å². The summed E-state index contributed by atoms with van der Waals surface area (Å²) in [5.41, 5.74) is 9.05. The smallest absolute Gasteiger partial charge is 0.0574 e. The van der Waals surface area contributed by atoms with Gasteiger partial charge < -0.3 is 11.1 Å². The van der Waals surface area contributed by atoms with Gasteiger partial charge in [0.1, 0.15) is 0 Å². The molecule has 0 spiro atoms. The first-order chi connectivity index (χ1) is 8.99. The van der Waals surface area contributed by atoms with Crippen LogP contribution in [-0.2, 0) is 5.41 Å². The van der Waals surface area contributed by atoms with Crippen molar-refractivity contribution in [2.45, 2.75) is 19.3 Å². The molecule has 2 rings (SSSR count). The Morgan fingerprint density at radius 3 is 2.53 bits per heavy atom. The largest absolute Gasteiger partial charge is 0.397 e. The molecule has 0 aliphatic carbocycles. The van der Waals surface area contributed by atoms with Gasteiger partial charge >= 0.3 is 0 Å². The Morgan fingerprint density at radius 1 is 1.11 bits per heavy atom. The molecule has 0 atom stereocenters. The van der Waals surface area contributed by atoms with Crippen molar-refractivity contribution in [2.75, 3.05) is 17.6 Å². The molecule has 0 saturated heterocycles. The van der Waals surface area contributed by atoms with Gasteiger partial charge in [0, 0.05) is 16.4 Å². The average molecular weight is 319 g/mol. The highest BCUT2D eigenvalue weighted by atomic mass is 79.9. The molecule has 0 aliphatic rings. The third kappa shape index (κ3) is 3.51. The summed E-state index contributed by atoms with van der Waals surface area (Å²) in [6, 6.07) is 16.3. The Morgan fingerprint density at radius 2 is 1.84 bits per heavy atom. The van der Waals surface area contributed by atoms with E-state index < -0.39 is 0 Å². The lowest BCUT2D eigenvalue weighted by molar-refractivity contribution is 0.557. The molecule has 3 N–H and O–H groups in total. The lowest BCUT2D eigenvalue weighted by Gasteiger charge is -2.27. The van der Waals surface area contributed by atoms with Crippen molar-refractivity contribution in [3.63, 3.8) is 0 Å². The van der Waals surface area contributed by atoms with E-state index in [4.69, 9.17) is 5.73 Å². The molecule has 100 valence electrons. The second-order valence-corrected chi connectivity index (χ2v) is 6.25. The highest BCUT2D eigenvalue weighted by Crippen LogP contribution is 2.27. The molecular formula is C16H19BrN2. The summed E-state index contributed by atoms with van der Waals surface area (Å²) in [6.45, 7) is 5.28. The summed E-state index contributed by atoms with van der Waals surface area (Å²) < 4.78 is 1.11. The molecule has 2 aromatic carbocycles. The first-order valence-corrected chi connectivity index (χ1v) is 7.13.